The molecule has 0 aromatic carbocycles. The lowest BCUT2D eigenvalue weighted by molar-refractivity contribution is -0.147. The molecule has 2 aliphatic rings. The second-order valence-electron chi connectivity index (χ2n) is 7.16. The van der Waals surface area contributed by atoms with Crippen LogP contribution < -0.4 is 5.32 Å². The molecular formula is C16H28N2O2. The standard InChI is InChI=1S/C16H28N2O2/c1-4-16(2,3)11-18-10-13(19)17-14(15(18)20)12-8-6-5-7-9-12/h12,14H,4-11H2,1-3H3,(H,17,19). The van der Waals surface area contributed by atoms with E-state index in [9.17, 15) is 9.59 Å². The van der Waals surface area contributed by atoms with Crippen molar-refractivity contribution in [3.8, 4) is 0 Å². The van der Waals surface area contributed by atoms with Crippen molar-refractivity contribution >= 4 is 11.8 Å². The van der Waals surface area contributed by atoms with E-state index in [0.717, 1.165) is 19.3 Å². The largest absolute Gasteiger partial charge is 0.342 e. The number of rotatable bonds is 4. The Balaban J connectivity index is 2.06. The van der Waals surface area contributed by atoms with E-state index in [1.165, 1.54) is 19.3 Å². The van der Waals surface area contributed by atoms with Gasteiger partial charge in [0.05, 0.1) is 6.54 Å². The molecule has 4 nitrogen and oxygen atoms in total. The molecule has 0 radical (unpaired) electrons. The zero-order chi connectivity index (χ0) is 14.8. The van der Waals surface area contributed by atoms with Gasteiger partial charge in [-0.1, -0.05) is 40.0 Å². The molecule has 20 heavy (non-hydrogen) atoms. The van der Waals surface area contributed by atoms with E-state index < -0.39 is 0 Å². The molecule has 2 rings (SSSR count). The number of carbonyl (C=O) groups excluding carboxylic acids is 2. The molecule has 0 aromatic rings. The number of carbonyl (C=O) groups is 2. The summed E-state index contributed by atoms with van der Waals surface area (Å²) in [4.78, 5) is 26.4. The number of amides is 2. The Morgan fingerprint density at radius 2 is 1.85 bits per heavy atom. The quantitative estimate of drug-likeness (QED) is 0.859. The predicted molar refractivity (Wildman–Crippen MR) is 79.2 cm³/mol. The normalized spacial score (nSPS) is 25.8. The van der Waals surface area contributed by atoms with Crippen LogP contribution in [0.4, 0.5) is 0 Å². The van der Waals surface area contributed by atoms with Crippen molar-refractivity contribution in [3.63, 3.8) is 0 Å². The van der Waals surface area contributed by atoms with E-state index in [1.807, 2.05) is 0 Å². The summed E-state index contributed by atoms with van der Waals surface area (Å²) in [6.45, 7) is 7.35. The van der Waals surface area contributed by atoms with E-state index in [1.54, 1.807) is 4.90 Å². The first-order valence-corrected chi connectivity index (χ1v) is 8.01. The fourth-order valence-electron chi connectivity index (χ4n) is 3.28. The molecule has 0 aromatic heterocycles. The van der Waals surface area contributed by atoms with Crippen LogP contribution in [0.15, 0.2) is 0 Å². The summed E-state index contributed by atoms with van der Waals surface area (Å²) in [7, 11) is 0. The molecule has 0 spiro atoms. The average molecular weight is 280 g/mol. The zero-order valence-electron chi connectivity index (χ0n) is 13.1. The average Bonchev–Trinajstić information content (AvgIpc) is 2.43. The highest BCUT2D eigenvalue weighted by Crippen LogP contribution is 2.29. The van der Waals surface area contributed by atoms with Gasteiger partial charge in [-0.25, -0.2) is 0 Å². The fourth-order valence-corrected chi connectivity index (χ4v) is 3.28. The Morgan fingerprint density at radius 3 is 2.45 bits per heavy atom. The number of hydrogen-bond donors (Lipinski definition) is 1. The minimum absolute atomic E-state index is 0.00655. The second kappa shape index (κ2) is 6.15. The summed E-state index contributed by atoms with van der Waals surface area (Å²) in [5, 5.41) is 2.94. The minimum atomic E-state index is -0.274. The molecule has 1 aliphatic heterocycles. The maximum atomic E-state index is 12.7. The maximum absolute atomic E-state index is 12.7. The summed E-state index contributed by atoms with van der Waals surface area (Å²) in [6.07, 6.45) is 6.78. The lowest BCUT2D eigenvalue weighted by Crippen LogP contribution is -2.61. The van der Waals surface area contributed by atoms with E-state index >= 15 is 0 Å². The van der Waals surface area contributed by atoms with Gasteiger partial charge in [-0.15, -0.1) is 0 Å². The Hall–Kier alpha value is -1.06. The lowest BCUT2D eigenvalue weighted by Gasteiger charge is -2.40. The molecule has 0 bridgehead atoms. The number of nitrogens with one attached hydrogen (secondary N) is 1. The Kier molecular flexibility index (Phi) is 4.71. The van der Waals surface area contributed by atoms with Gasteiger partial charge in [-0.2, -0.15) is 0 Å². The van der Waals surface area contributed by atoms with E-state index in [0.29, 0.717) is 12.5 Å². The van der Waals surface area contributed by atoms with Gasteiger partial charge >= 0.3 is 0 Å². The van der Waals surface area contributed by atoms with Crippen molar-refractivity contribution in [3.05, 3.63) is 0 Å². The molecule has 1 heterocycles. The van der Waals surface area contributed by atoms with Gasteiger partial charge in [0.1, 0.15) is 6.04 Å². The smallest absolute Gasteiger partial charge is 0.245 e. The van der Waals surface area contributed by atoms with Crippen LogP contribution in [-0.4, -0.2) is 35.8 Å². The van der Waals surface area contributed by atoms with Crippen molar-refractivity contribution in [2.24, 2.45) is 11.3 Å². The SMILES string of the molecule is CCC(C)(C)CN1CC(=O)NC(C2CCCCC2)C1=O. The van der Waals surface area contributed by atoms with Gasteiger partial charge < -0.3 is 10.2 Å². The van der Waals surface area contributed by atoms with Gasteiger partial charge in [0.2, 0.25) is 11.8 Å². The molecule has 1 saturated heterocycles. The van der Waals surface area contributed by atoms with Gasteiger partial charge in [0.15, 0.2) is 0 Å². The third-order valence-corrected chi connectivity index (χ3v) is 4.93. The lowest BCUT2D eigenvalue weighted by atomic mass is 9.82. The van der Waals surface area contributed by atoms with Crippen LogP contribution in [0.2, 0.25) is 0 Å². The topological polar surface area (TPSA) is 49.4 Å². The Bertz CT molecular complexity index is 373. The van der Waals surface area contributed by atoms with E-state index in [2.05, 4.69) is 26.1 Å². The van der Waals surface area contributed by atoms with Crippen LogP contribution in [0.1, 0.15) is 59.3 Å². The van der Waals surface area contributed by atoms with Gasteiger partial charge in [0, 0.05) is 6.54 Å². The molecule has 1 unspecified atom stereocenters. The van der Waals surface area contributed by atoms with Crippen LogP contribution >= 0.6 is 0 Å². The first kappa shape index (κ1) is 15.3. The molecule has 2 amide bonds. The van der Waals surface area contributed by atoms with Gasteiger partial charge in [-0.3, -0.25) is 9.59 Å². The molecule has 1 saturated carbocycles. The van der Waals surface area contributed by atoms with Crippen LogP contribution in [0.25, 0.3) is 0 Å². The van der Waals surface area contributed by atoms with Gasteiger partial charge in [0.25, 0.3) is 0 Å². The molecule has 1 N–H and O–H groups in total. The molecule has 2 fully saturated rings. The fraction of sp³-hybridized carbons (Fsp3) is 0.875. The monoisotopic (exact) mass is 280 g/mol. The molecule has 1 aliphatic carbocycles. The maximum Gasteiger partial charge on any atom is 0.245 e. The van der Waals surface area contributed by atoms with Crippen LogP contribution in [0, 0.1) is 11.3 Å². The number of nitrogens with zero attached hydrogens (tertiary/aromatic N) is 1. The second-order valence-corrected chi connectivity index (χ2v) is 7.16. The highest BCUT2D eigenvalue weighted by atomic mass is 16.2. The highest BCUT2D eigenvalue weighted by molar-refractivity contribution is 5.95. The van der Waals surface area contributed by atoms with Crippen molar-refractivity contribution in [1.82, 2.24) is 10.2 Å². The summed E-state index contributed by atoms with van der Waals surface area (Å²) in [5.41, 5.74) is 0.0738. The predicted octanol–water partition coefficient (Wildman–Crippen LogP) is 2.33. The number of hydrogen-bond acceptors (Lipinski definition) is 2. The minimum Gasteiger partial charge on any atom is -0.342 e. The molecular weight excluding hydrogens is 252 g/mol. The van der Waals surface area contributed by atoms with Crippen molar-refractivity contribution in [1.29, 1.82) is 0 Å². The van der Waals surface area contributed by atoms with Crippen molar-refractivity contribution in [2.45, 2.75) is 65.3 Å². The van der Waals surface area contributed by atoms with E-state index in [-0.39, 0.29) is 29.8 Å². The third-order valence-electron chi connectivity index (χ3n) is 4.93. The first-order chi connectivity index (χ1) is 9.43. The summed E-state index contributed by atoms with van der Waals surface area (Å²) >= 11 is 0. The van der Waals surface area contributed by atoms with Gasteiger partial charge in [-0.05, 0) is 30.6 Å². The summed E-state index contributed by atoms with van der Waals surface area (Å²) in [6, 6.07) is -0.274. The van der Waals surface area contributed by atoms with E-state index in [4.69, 9.17) is 0 Å². The molecule has 114 valence electrons. The van der Waals surface area contributed by atoms with Crippen molar-refractivity contribution < 1.29 is 9.59 Å². The third kappa shape index (κ3) is 3.53. The van der Waals surface area contributed by atoms with Crippen LogP contribution in [-0.2, 0) is 9.59 Å². The van der Waals surface area contributed by atoms with Crippen LogP contribution in [0.5, 0.6) is 0 Å². The molecule has 4 heteroatoms. The Morgan fingerprint density at radius 1 is 1.20 bits per heavy atom. The summed E-state index contributed by atoms with van der Waals surface area (Å²) < 4.78 is 0. The molecule has 1 atom stereocenters. The Labute approximate surface area is 122 Å². The summed E-state index contributed by atoms with van der Waals surface area (Å²) in [5.74, 6) is 0.484. The first-order valence-electron chi connectivity index (χ1n) is 8.01. The van der Waals surface area contributed by atoms with Crippen LogP contribution in [0.3, 0.4) is 0 Å². The van der Waals surface area contributed by atoms with Crippen molar-refractivity contribution in [2.75, 3.05) is 13.1 Å². The highest BCUT2D eigenvalue weighted by Gasteiger charge is 2.39. The number of piperazine rings is 1. The zero-order valence-corrected chi connectivity index (χ0v) is 13.1.